The topological polar surface area (TPSA) is 8.81 Å². The number of nitrogens with zero attached hydrogens (tertiary/aromatic N) is 2. The zero-order valence-corrected chi connectivity index (χ0v) is 5.36. The van der Waals surface area contributed by atoms with E-state index in [-0.39, 0.29) is 0 Å². The van der Waals surface area contributed by atoms with Crippen molar-refractivity contribution in [2.24, 2.45) is 0 Å². The first-order valence-corrected chi connectivity index (χ1v) is 3.14. The minimum Gasteiger partial charge on any atom is -0.135 e. The Balaban J connectivity index is 2.60. The third-order valence-corrected chi connectivity index (χ3v) is 1.68. The van der Waals surface area contributed by atoms with Gasteiger partial charge in [0.05, 0.1) is 12.4 Å². The van der Waals surface area contributed by atoms with Crippen LogP contribution >= 0.6 is 0 Å². The molecule has 0 bridgehead atoms. The van der Waals surface area contributed by atoms with Crippen LogP contribution in [-0.4, -0.2) is 4.68 Å². The lowest BCUT2D eigenvalue weighted by molar-refractivity contribution is -0.769. The molecule has 1 aromatic rings. The molecule has 0 aromatic carbocycles. The van der Waals surface area contributed by atoms with Crippen molar-refractivity contribution in [3.63, 3.8) is 0 Å². The van der Waals surface area contributed by atoms with Gasteiger partial charge in [-0.3, -0.25) is 0 Å². The fourth-order valence-electron chi connectivity index (χ4n) is 1.14. The number of aromatic nitrogens is 2. The van der Waals surface area contributed by atoms with Crippen molar-refractivity contribution < 1.29 is 4.68 Å². The molecule has 0 radical (unpaired) electrons. The van der Waals surface area contributed by atoms with Crippen LogP contribution < -0.4 is 4.68 Å². The van der Waals surface area contributed by atoms with E-state index < -0.39 is 0 Å². The van der Waals surface area contributed by atoms with Crippen LogP contribution in [-0.2, 0) is 0 Å². The fraction of sp³-hybridized carbons (Fsp3) is 0.286. The van der Waals surface area contributed by atoms with Gasteiger partial charge in [-0.25, -0.2) is 0 Å². The summed E-state index contributed by atoms with van der Waals surface area (Å²) in [4.78, 5) is 0. The first-order chi connectivity index (χ1) is 4.38. The van der Waals surface area contributed by atoms with Gasteiger partial charge in [-0.2, -0.15) is 0 Å². The zero-order chi connectivity index (χ0) is 6.27. The van der Waals surface area contributed by atoms with Crippen molar-refractivity contribution in [3.05, 3.63) is 24.5 Å². The van der Waals surface area contributed by atoms with Gasteiger partial charge in [0.2, 0.25) is 0 Å². The Morgan fingerprint density at radius 1 is 1.56 bits per heavy atom. The molecule has 0 amide bonds. The van der Waals surface area contributed by atoms with E-state index in [0.717, 1.165) is 0 Å². The van der Waals surface area contributed by atoms with Crippen molar-refractivity contribution in [1.82, 2.24) is 4.68 Å². The maximum absolute atomic E-state index is 2.17. The van der Waals surface area contributed by atoms with Crippen molar-refractivity contribution >= 4 is 6.20 Å². The predicted octanol–water partition coefficient (Wildman–Crippen LogP) is 0.821. The summed E-state index contributed by atoms with van der Waals surface area (Å²) in [5.41, 5.74) is 0. The highest BCUT2D eigenvalue weighted by atomic mass is 15.4. The summed E-state index contributed by atoms with van der Waals surface area (Å²) in [6.07, 6.45) is 8.36. The number of hydrogen-bond donors (Lipinski definition) is 0. The van der Waals surface area contributed by atoms with Crippen LogP contribution in [0.4, 0.5) is 0 Å². The molecule has 46 valence electrons. The maximum Gasteiger partial charge on any atom is 0.199 e. The summed E-state index contributed by atoms with van der Waals surface area (Å²) in [6, 6.07) is 2.57. The number of allylic oxidation sites excluding steroid dienone is 1. The second-order valence-electron chi connectivity index (χ2n) is 2.33. The van der Waals surface area contributed by atoms with Crippen molar-refractivity contribution in [2.45, 2.75) is 13.0 Å². The van der Waals surface area contributed by atoms with Crippen molar-refractivity contribution in [3.8, 4) is 0 Å². The summed E-state index contributed by atoms with van der Waals surface area (Å²) in [5, 5.41) is 0. The molecular formula is C7H9N2+. The average molecular weight is 121 g/mol. The van der Waals surface area contributed by atoms with E-state index in [0.29, 0.717) is 6.04 Å². The van der Waals surface area contributed by atoms with Crippen LogP contribution in [0.3, 0.4) is 0 Å². The number of fused-ring (bicyclic) bond motifs is 1. The Bertz CT molecular complexity index is 247. The van der Waals surface area contributed by atoms with E-state index in [9.17, 15) is 0 Å². The molecule has 2 rings (SSSR count). The maximum atomic E-state index is 2.17. The number of rotatable bonds is 0. The van der Waals surface area contributed by atoms with Crippen LogP contribution in [0.1, 0.15) is 13.0 Å². The molecule has 9 heavy (non-hydrogen) atoms. The van der Waals surface area contributed by atoms with Crippen LogP contribution in [0.25, 0.3) is 6.20 Å². The van der Waals surface area contributed by atoms with Gasteiger partial charge in [0.25, 0.3) is 0 Å². The molecule has 0 N–H and O–H groups in total. The standard InChI is InChI=1S/C7H9N2/c1-7-3-6-8-4-2-5-9(7)8/h2-7H,1H3/q+1/t7-/m0/s1. The molecule has 2 heterocycles. The van der Waals surface area contributed by atoms with Gasteiger partial charge in [-0.1, -0.05) is 0 Å². The van der Waals surface area contributed by atoms with Crippen LogP contribution in [0.5, 0.6) is 0 Å². The van der Waals surface area contributed by atoms with E-state index >= 15 is 0 Å². The molecule has 1 aliphatic rings. The Morgan fingerprint density at radius 2 is 2.44 bits per heavy atom. The molecule has 2 nitrogen and oxygen atoms in total. The van der Waals surface area contributed by atoms with Gasteiger partial charge in [0.15, 0.2) is 12.2 Å². The third kappa shape index (κ3) is 0.529. The molecule has 0 unspecified atom stereocenters. The van der Waals surface area contributed by atoms with Gasteiger partial charge >= 0.3 is 0 Å². The van der Waals surface area contributed by atoms with E-state index in [4.69, 9.17) is 0 Å². The molecule has 1 aromatic heterocycles. The second-order valence-corrected chi connectivity index (χ2v) is 2.33. The lowest BCUT2D eigenvalue weighted by atomic mass is 10.3. The minimum atomic E-state index is 0.528. The highest BCUT2D eigenvalue weighted by molar-refractivity contribution is 5.21. The Morgan fingerprint density at radius 3 is 3.22 bits per heavy atom. The zero-order valence-electron chi connectivity index (χ0n) is 5.36. The lowest BCUT2D eigenvalue weighted by Crippen LogP contribution is -2.39. The Hall–Kier alpha value is -1.05. The summed E-state index contributed by atoms with van der Waals surface area (Å²) in [5.74, 6) is 0. The predicted molar refractivity (Wildman–Crippen MR) is 34.7 cm³/mol. The molecule has 2 heteroatoms. The SMILES string of the molecule is C[C@H]1C=Cn2ccc[n+]21. The average Bonchev–Trinajstić information content (AvgIpc) is 2.35. The Labute approximate surface area is 54.0 Å². The van der Waals surface area contributed by atoms with E-state index in [1.54, 1.807) is 0 Å². The smallest absolute Gasteiger partial charge is 0.135 e. The molecule has 0 fully saturated rings. The summed E-state index contributed by atoms with van der Waals surface area (Å²) >= 11 is 0. The molecule has 1 atom stereocenters. The van der Waals surface area contributed by atoms with Crippen LogP contribution in [0.2, 0.25) is 0 Å². The van der Waals surface area contributed by atoms with Gasteiger partial charge in [0.1, 0.15) is 0 Å². The van der Waals surface area contributed by atoms with Crippen LogP contribution in [0, 0.1) is 0 Å². The summed E-state index contributed by atoms with van der Waals surface area (Å²) in [6.45, 7) is 2.17. The minimum absolute atomic E-state index is 0.528. The summed E-state index contributed by atoms with van der Waals surface area (Å²) in [7, 11) is 0. The quantitative estimate of drug-likeness (QED) is 0.449. The highest BCUT2D eigenvalue weighted by Gasteiger charge is 2.17. The van der Waals surface area contributed by atoms with Crippen molar-refractivity contribution in [2.75, 3.05) is 0 Å². The molecule has 1 aliphatic heterocycles. The molecule has 0 saturated heterocycles. The van der Waals surface area contributed by atoms with E-state index in [2.05, 4.69) is 34.8 Å². The van der Waals surface area contributed by atoms with Gasteiger partial charge in [-0.05, 0) is 0 Å². The summed E-state index contributed by atoms with van der Waals surface area (Å²) < 4.78 is 4.24. The van der Waals surface area contributed by atoms with E-state index in [1.165, 1.54) is 0 Å². The van der Waals surface area contributed by atoms with Gasteiger partial charge in [0, 0.05) is 19.1 Å². The first-order valence-electron chi connectivity index (χ1n) is 3.14. The Kier molecular flexibility index (Phi) is 0.781. The fourth-order valence-corrected chi connectivity index (χ4v) is 1.14. The molecule has 0 saturated carbocycles. The van der Waals surface area contributed by atoms with Gasteiger partial charge in [-0.15, -0.1) is 9.36 Å². The largest absolute Gasteiger partial charge is 0.199 e. The number of hydrogen-bond acceptors (Lipinski definition) is 0. The monoisotopic (exact) mass is 121 g/mol. The molecule has 0 aliphatic carbocycles. The highest BCUT2D eigenvalue weighted by Crippen LogP contribution is 2.04. The first kappa shape index (κ1) is 4.79. The van der Waals surface area contributed by atoms with E-state index in [1.807, 2.05) is 12.3 Å². The molecule has 0 spiro atoms. The third-order valence-electron chi connectivity index (χ3n) is 1.68. The molecular weight excluding hydrogens is 112 g/mol. The second kappa shape index (κ2) is 1.47. The van der Waals surface area contributed by atoms with Crippen molar-refractivity contribution in [1.29, 1.82) is 0 Å². The van der Waals surface area contributed by atoms with Crippen LogP contribution in [0.15, 0.2) is 24.5 Å². The lowest BCUT2D eigenvalue weighted by Gasteiger charge is -1.90. The normalized spacial score (nSPS) is 22.6. The van der Waals surface area contributed by atoms with Gasteiger partial charge < -0.3 is 0 Å².